The Morgan fingerprint density at radius 3 is 2.04 bits per heavy atom. The Hall–Kier alpha value is -4.77. The summed E-state index contributed by atoms with van der Waals surface area (Å²) in [6.45, 7) is 14.6. The third-order valence-electron chi connectivity index (χ3n) is 9.12. The molecule has 262 valence electrons. The topological polar surface area (TPSA) is 78.9 Å². The van der Waals surface area contributed by atoms with Crippen LogP contribution in [0.4, 0.5) is 0 Å². The summed E-state index contributed by atoms with van der Waals surface area (Å²) in [6, 6.07) is 23.5. The normalized spacial score (nSPS) is 11.5. The molecule has 0 atom stereocenters. The first kappa shape index (κ1) is 37.5. The van der Waals surface area contributed by atoms with Crippen molar-refractivity contribution in [3.05, 3.63) is 112 Å². The average Bonchev–Trinajstić information content (AvgIpc) is 3.86. The van der Waals surface area contributed by atoms with Crippen LogP contribution in [0.2, 0.25) is 0 Å². The number of hydrogen-bond donors (Lipinski definition) is 1. The molecule has 0 aliphatic carbocycles. The maximum atomic E-state index is 11.7. The summed E-state index contributed by atoms with van der Waals surface area (Å²) in [5, 5.41) is 19.0. The van der Waals surface area contributed by atoms with Gasteiger partial charge in [0.05, 0.1) is 11.4 Å². The zero-order valence-electron chi connectivity index (χ0n) is 30.0. The first-order valence-corrected chi connectivity index (χ1v) is 19.6. The SMILES string of the molecule is C=Cc1nc(-c2ccc(-c3sc(-c4sc(/C=C(/C#N)C(=O)O)cc4CCCCCC)cc3CCCCCC)cc2)n(-c2ccc(C)cc2)c1C=C. The number of hydrogen-bond acceptors (Lipinski definition) is 5. The Balaban J connectivity index is 1.57. The van der Waals surface area contributed by atoms with Crippen LogP contribution in [-0.2, 0) is 17.6 Å². The second-order valence-corrected chi connectivity index (χ2v) is 15.1. The Bertz CT molecular complexity index is 2050. The van der Waals surface area contributed by atoms with Gasteiger partial charge in [-0.05, 0) is 91.8 Å². The minimum absolute atomic E-state index is 0.243. The van der Waals surface area contributed by atoms with E-state index in [1.807, 2.05) is 23.5 Å². The fourth-order valence-electron chi connectivity index (χ4n) is 6.37. The number of carboxylic acid groups (broad SMARTS) is 1. The van der Waals surface area contributed by atoms with Crippen molar-refractivity contribution in [1.82, 2.24) is 9.55 Å². The van der Waals surface area contributed by atoms with Gasteiger partial charge in [0.1, 0.15) is 17.5 Å². The monoisotopic (exact) mass is 713 g/mol. The van der Waals surface area contributed by atoms with Gasteiger partial charge in [0.2, 0.25) is 0 Å². The van der Waals surface area contributed by atoms with Crippen molar-refractivity contribution in [3.63, 3.8) is 0 Å². The molecule has 0 fully saturated rings. The molecule has 0 radical (unpaired) electrons. The summed E-state index contributed by atoms with van der Waals surface area (Å²) < 4.78 is 2.15. The highest BCUT2D eigenvalue weighted by Gasteiger charge is 2.20. The van der Waals surface area contributed by atoms with E-state index in [0.29, 0.717) is 0 Å². The third kappa shape index (κ3) is 8.94. The van der Waals surface area contributed by atoms with Crippen LogP contribution in [0.3, 0.4) is 0 Å². The largest absolute Gasteiger partial charge is 0.477 e. The van der Waals surface area contributed by atoms with Gasteiger partial charge in [0.15, 0.2) is 0 Å². The third-order valence-corrected chi connectivity index (χ3v) is 11.7. The molecular weight excluding hydrogens is 667 g/mol. The van der Waals surface area contributed by atoms with E-state index in [-0.39, 0.29) is 5.57 Å². The lowest BCUT2D eigenvalue weighted by Crippen LogP contribution is -2.00. The van der Waals surface area contributed by atoms with Crippen LogP contribution in [-0.4, -0.2) is 20.6 Å². The molecule has 3 aromatic heterocycles. The fraction of sp³-hybridized carbons (Fsp3) is 0.295. The van der Waals surface area contributed by atoms with Crippen molar-refractivity contribution < 1.29 is 9.90 Å². The van der Waals surface area contributed by atoms with E-state index in [1.165, 1.54) is 75.1 Å². The van der Waals surface area contributed by atoms with Gasteiger partial charge in [-0.1, -0.05) is 107 Å². The van der Waals surface area contributed by atoms with Gasteiger partial charge in [-0.3, -0.25) is 4.57 Å². The number of imidazole rings is 1. The van der Waals surface area contributed by atoms with Crippen LogP contribution in [0.5, 0.6) is 0 Å². The molecule has 0 amide bonds. The summed E-state index contributed by atoms with van der Waals surface area (Å²) in [6.07, 6.45) is 16.4. The highest BCUT2D eigenvalue weighted by atomic mass is 32.1. The number of rotatable bonds is 18. The number of benzene rings is 2. The number of carboxylic acids is 1. The van der Waals surface area contributed by atoms with Crippen molar-refractivity contribution in [1.29, 1.82) is 5.26 Å². The highest BCUT2D eigenvalue weighted by molar-refractivity contribution is 7.24. The maximum Gasteiger partial charge on any atom is 0.346 e. The van der Waals surface area contributed by atoms with Gasteiger partial charge in [-0.25, -0.2) is 9.78 Å². The fourth-order valence-corrected chi connectivity index (χ4v) is 8.88. The quantitative estimate of drug-likeness (QED) is 0.0557. The molecule has 7 heteroatoms. The molecule has 0 bridgehead atoms. The number of nitriles is 1. The van der Waals surface area contributed by atoms with Gasteiger partial charge >= 0.3 is 5.97 Å². The van der Waals surface area contributed by atoms with Crippen LogP contribution >= 0.6 is 22.7 Å². The Kier molecular flexibility index (Phi) is 13.2. The predicted octanol–water partition coefficient (Wildman–Crippen LogP) is 12.8. The van der Waals surface area contributed by atoms with Crippen LogP contribution < -0.4 is 0 Å². The highest BCUT2D eigenvalue weighted by Crippen LogP contribution is 2.44. The van der Waals surface area contributed by atoms with E-state index >= 15 is 0 Å². The number of thiophene rings is 2. The van der Waals surface area contributed by atoms with Crippen LogP contribution in [0, 0.1) is 18.3 Å². The average molecular weight is 714 g/mol. The van der Waals surface area contributed by atoms with E-state index in [4.69, 9.17) is 4.98 Å². The molecule has 2 aromatic carbocycles. The molecule has 0 spiro atoms. The molecule has 0 aliphatic rings. The molecule has 0 saturated heterocycles. The summed E-state index contributed by atoms with van der Waals surface area (Å²) in [7, 11) is 0. The molecular formula is C44H47N3O2S2. The number of aryl methyl sites for hydroxylation is 3. The van der Waals surface area contributed by atoms with E-state index in [9.17, 15) is 15.2 Å². The second kappa shape index (κ2) is 17.9. The van der Waals surface area contributed by atoms with Gasteiger partial charge in [-0.15, -0.1) is 22.7 Å². The second-order valence-electron chi connectivity index (χ2n) is 12.9. The molecule has 5 nitrogen and oxygen atoms in total. The van der Waals surface area contributed by atoms with Crippen LogP contribution in [0.1, 0.15) is 98.2 Å². The molecule has 51 heavy (non-hydrogen) atoms. The summed E-state index contributed by atoms with van der Waals surface area (Å²) in [4.78, 5) is 21.1. The Morgan fingerprint density at radius 1 is 0.843 bits per heavy atom. The number of aliphatic carboxylic acids is 1. The van der Waals surface area contributed by atoms with Crippen molar-refractivity contribution in [3.8, 4) is 43.3 Å². The van der Waals surface area contributed by atoms with E-state index in [2.05, 4.69) is 99.2 Å². The van der Waals surface area contributed by atoms with Crippen LogP contribution in [0.25, 0.3) is 55.5 Å². The summed E-state index contributed by atoms with van der Waals surface area (Å²) in [5.41, 5.74) is 8.42. The zero-order chi connectivity index (χ0) is 36.3. The maximum absolute atomic E-state index is 11.7. The van der Waals surface area contributed by atoms with E-state index in [0.717, 1.165) is 65.4 Å². The van der Waals surface area contributed by atoms with Gasteiger partial charge in [-0.2, -0.15) is 5.26 Å². The van der Waals surface area contributed by atoms with Crippen molar-refractivity contribution in [2.45, 2.75) is 85.0 Å². The van der Waals surface area contributed by atoms with Crippen LogP contribution in [0.15, 0.2) is 79.4 Å². The summed E-state index contributed by atoms with van der Waals surface area (Å²) >= 11 is 3.40. The lowest BCUT2D eigenvalue weighted by Gasteiger charge is -2.12. The first-order chi connectivity index (χ1) is 24.8. The number of aromatic nitrogens is 2. The lowest BCUT2D eigenvalue weighted by molar-refractivity contribution is -0.132. The molecule has 0 saturated carbocycles. The molecule has 3 heterocycles. The van der Waals surface area contributed by atoms with Gasteiger partial charge < -0.3 is 5.11 Å². The van der Waals surface area contributed by atoms with Crippen molar-refractivity contribution >= 4 is 46.9 Å². The Labute approximate surface area is 311 Å². The lowest BCUT2D eigenvalue weighted by atomic mass is 10.0. The number of nitrogens with zero attached hydrogens (tertiary/aromatic N) is 3. The first-order valence-electron chi connectivity index (χ1n) is 18.0. The van der Waals surface area contributed by atoms with Gasteiger partial charge in [0, 0.05) is 30.8 Å². The number of unbranched alkanes of at least 4 members (excludes halogenated alkanes) is 6. The molecule has 0 unspecified atom stereocenters. The molecule has 5 aromatic rings. The van der Waals surface area contributed by atoms with E-state index in [1.54, 1.807) is 17.4 Å². The molecule has 5 rings (SSSR count). The van der Waals surface area contributed by atoms with Crippen molar-refractivity contribution in [2.24, 2.45) is 0 Å². The smallest absolute Gasteiger partial charge is 0.346 e. The number of carbonyl (C=O) groups is 1. The Morgan fingerprint density at radius 2 is 1.47 bits per heavy atom. The summed E-state index contributed by atoms with van der Waals surface area (Å²) in [5.74, 6) is -0.359. The van der Waals surface area contributed by atoms with E-state index < -0.39 is 5.97 Å². The minimum Gasteiger partial charge on any atom is -0.477 e. The predicted molar refractivity (Wildman–Crippen MR) is 217 cm³/mol. The molecule has 1 N–H and O–H groups in total. The molecule has 0 aliphatic heterocycles. The van der Waals surface area contributed by atoms with Crippen molar-refractivity contribution in [2.75, 3.05) is 0 Å². The van der Waals surface area contributed by atoms with Gasteiger partial charge in [0.25, 0.3) is 0 Å². The minimum atomic E-state index is -1.20. The zero-order valence-corrected chi connectivity index (χ0v) is 31.6. The standard InChI is InChI=1S/C44H47N3O2S2/c1-6-10-12-14-16-33-26-37(27-35(29-45)44(48)49)50-42(33)40-28-34(17-15-13-11-7-2)41(51-40)31-20-22-32(23-21-31)43-46-38(8-3)39(9-4)47(43)36-24-18-30(5)19-25-36/h8-9,18-28H,3-4,6-7,10-17H2,1-2,5H3,(H,48,49)/b35-27-.